The lowest BCUT2D eigenvalue weighted by atomic mass is 9.78. The van der Waals surface area contributed by atoms with Gasteiger partial charge in [-0.05, 0) is 38.6 Å². The third-order valence-corrected chi connectivity index (χ3v) is 4.79. The van der Waals surface area contributed by atoms with Gasteiger partial charge in [-0.1, -0.05) is 6.92 Å². The van der Waals surface area contributed by atoms with Crippen LogP contribution in [0.15, 0.2) is 0 Å². The molecule has 2 fully saturated rings. The summed E-state index contributed by atoms with van der Waals surface area (Å²) in [5, 5.41) is 19.7. The van der Waals surface area contributed by atoms with Crippen LogP contribution in [0.5, 0.6) is 0 Å². The standard InChI is InChI=1S/C15H28N2O3/c1-2-7-16-8-10-17(11-9-16)12-15(20)5-3-13(4-6-15)14(18)19/h13,20H,2-12H2,1H3,(H,18,19). The van der Waals surface area contributed by atoms with E-state index in [-0.39, 0.29) is 5.92 Å². The maximum Gasteiger partial charge on any atom is 0.306 e. The first-order valence-corrected chi connectivity index (χ1v) is 7.92. The van der Waals surface area contributed by atoms with Crippen molar-refractivity contribution in [2.24, 2.45) is 5.92 Å². The molecule has 2 N–H and O–H groups in total. The maximum atomic E-state index is 11.0. The Morgan fingerprint density at radius 3 is 2.20 bits per heavy atom. The minimum absolute atomic E-state index is 0.253. The molecule has 0 radical (unpaired) electrons. The molecule has 0 aromatic heterocycles. The Morgan fingerprint density at radius 2 is 1.70 bits per heavy atom. The van der Waals surface area contributed by atoms with Crippen LogP contribution >= 0.6 is 0 Å². The van der Waals surface area contributed by atoms with Crippen molar-refractivity contribution in [3.05, 3.63) is 0 Å². The van der Waals surface area contributed by atoms with Crippen molar-refractivity contribution < 1.29 is 15.0 Å². The lowest BCUT2D eigenvalue weighted by Gasteiger charge is -2.41. The van der Waals surface area contributed by atoms with Crippen molar-refractivity contribution in [2.45, 2.75) is 44.6 Å². The number of aliphatic carboxylic acids is 1. The summed E-state index contributed by atoms with van der Waals surface area (Å²) >= 11 is 0. The molecule has 20 heavy (non-hydrogen) atoms. The van der Waals surface area contributed by atoms with Crippen LogP contribution in [0.2, 0.25) is 0 Å². The summed E-state index contributed by atoms with van der Waals surface area (Å²) in [7, 11) is 0. The molecule has 116 valence electrons. The van der Waals surface area contributed by atoms with Crippen molar-refractivity contribution in [1.82, 2.24) is 9.80 Å². The van der Waals surface area contributed by atoms with Crippen molar-refractivity contribution >= 4 is 5.97 Å². The van der Waals surface area contributed by atoms with Gasteiger partial charge in [0.15, 0.2) is 0 Å². The number of hydrogen-bond acceptors (Lipinski definition) is 4. The zero-order chi connectivity index (χ0) is 14.6. The number of carboxylic acids is 1. The largest absolute Gasteiger partial charge is 0.481 e. The number of carboxylic acid groups (broad SMARTS) is 1. The zero-order valence-electron chi connectivity index (χ0n) is 12.6. The summed E-state index contributed by atoms with van der Waals surface area (Å²) in [5.74, 6) is -0.961. The van der Waals surface area contributed by atoms with Crippen molar-refractivity contribution in [3.63, 3.8) is 0 Å². The van der Waals surface area contributed by atoms with Gasteiger partial charge in [-0.15, -0.1) is 0 Å². The highest BCUT2D eigenvalue weighted by molar-refractivity contribution is 5.70. The van der Waals surface area contributed by atoms with Gasteiger partial charge < -0.3 is 15.1 Å². The van der Waals surface area contributed by atoms with Crippen LogP contribution in [0, 0.1) is 5.92 Å². The van der Waals surface area contributed by atoms with E-state index in [1.165, 1.54) is 13.0 Å². The Morgan fingerprint density at radius 1 is 1.15 bits per heavy atom. The Bertz CT molecular complexity index is 319. The van der Waals surface area contributed by atoms with Crippen LogP contribution in [0.4, 0.5) is 0 Å². The first kappa shape index (κ1) is 15.7. The average molecular weight is 284 g/mol. The fraction of sp³-hybridized carbons (Fsp3) is 0.933. The van der Waals surface area contributed by atoms with E-state index < -0.39 is 11.6 Å². The summed E-state index contributed by atoms with van der Waals surface area (Å²) in [5.41, 5.74) is -0.668. The molecule has 0 spiro atoms. The molecule has 0 amide bonds. The zero-order valence-corrected chi connectivity index (χ0v) is 12.6. The van der Waals surface area contributed by atoms with Gasteiger partial charge in [-0.25, -0.2) is 0 Å². The lowest BCUT2D eigenvalue weighted by molar-refractivity contribution is -0.145. The molecular weight excluding hydrogens is 256 g/mol. The predicted octanol–water partition coefficient (Wildman–Crippen LogP) is 1.02. The first-order chi connectivity index (χ1) is 9.52. The molecule has 2 aliphatic rings. The summed E-state index contributed by atoms with van der Waals surface area (Å²) in [6.07, 6.45) is 3.67. The van der Waals surface area contributed by atoms with E-state index in [2.05, 4.69) is 16.7 Å². The summed E-state index contributed by atoms with van der Waals surface area (Å²) in [4.78, 5) is 15.8. The van der Waals surface area contributed by atoms with Gasteiger partial charge in [0, 0.05) is 32.7 Å². The molecule has 1 aliphatic heterocycles. The minimum atomic E-state index is -0.708. The fourth-order valence-corrected chi connectivity index (χ4v) is 3.46. The van der Waals surface area contributed by atoms with Crippen LogP contribution in [0.25, 0.3) is 0 Å². The van der Waals surface area contributed by atoms with Gasteiger partial charge in [-0.2, -0.15) is 0 Å². The molecule has 1 heterocycles. The summed E-state index contributed by atoms with van der Waals surface area (Å²) in [6.45, 7) is 8.28. The number of carbonyl (C=O) groups is 1. The number of β-amino-alcohol motifs (C(OH)–C–C–N with tert-alkyl or cyclic N) is 1. The third-order valence-electron chi connectivity index (χ3n) is 4.79. The average Bonchev–Trinajstić information content (AvgIpc) is 2.41. The topological polar surface area (TPSA) is 64.0 Å². The molecule has 0 bridgehead atoms. The van der Waals surface area contributed by atoms with Gasteiger partial charge in [0.05, 0.1) is 11.5 Å². The molecule has 1 aliphatic carbocycles. The van der Waals surface area contributed by atoms with Crippen LogP contribution in [-0.4, -0.2) is 70.9 Å². The monoisotopic (exact) mass is 284 g/mol. The van der Waals surface area contributed by atoms with E-state index in [1.54, 1.807) is 0 Å². The number of rotatable bonds is 5. The number of aliphatic hydroxyl groups is 1. The van der Waals surface area contributed by atoms with Gasteiger partial charge in [0.1, 0.15) is 0 Å². The SMILES string of the molecule is CCCN1CCN(CC2(O)CCC(C(=O)O)CC2)CC1. The smallest absolute Gasteiger partial charge is 0.306 e. The second kappa shape index (κ2) is 6.87. The second-order valence-corrected chi connectivity index (χ2v) is 6.45. The number of hydrogen-bond donors (Lipinski definition) is 2. The fourth-order valence-electron chi connectivity index (χ4n) is 3.46. The van der Waals surface area contributed by atoms with Gasteiger partial charge >= 0.3 is 5.97 Å². The number of piperazine rings is 1. The van der Waals surface area contributed by atoms with Gasteiger partial charge in [0.25, 0.3) is 0 Å². The molecule has 2 rings (SSSR count). The molecule has 0 aromatic carbocycles. The molecule has 1 saturated carbocycles. The molecular formula is C15H28N2O3. The van der Waals surface area contributed by atoms with Crippen LogP contribution < -0.4 is 0 Å². The molecule has 0 aromatic rings. The van der Waals surface area contributed by atoms with Crippen molar-refractivity contribution in [2.75, 3.05) is 39.3 Å². The molecule has 0 atom stereocenters. The number of nitrogens with zero attached hydrogens (tertiary/aromatic N) is 2. The van der Waals surface area contributed by atoms with E-state index in [9.17, 15) is 9.90 Å². The second-order valence-electron chi connectivity index (χ2n) is 6.45. The Hall–Kier alpha value is -0.650. The predicted molar refractivity (Wildman–Crippen MR) is 77.7 cm³/mol. The van der Waals surface area contributed by atoms with Crippen LogP contribution in [0.1, 0.15) is 39.0 Å². The highest BCUT2D eigenvalue weighted by Gasteiger charge is 2.37. The Kier molecular flexibility index (Phi) is 5.41. The van der Waals surface area contributed by atoms with E-state index in [0.29, 0.717) is 32.2 Å². The molecule has 5 nitrogen and oxygen atoms in total. The first-order valence-electron chi connectivity index (χ1n) is 7.92. The van der Waals surface area contributed by atoms with Crippen LogP contribution in [0.3, 0.4) is 0 Å². The maximum absolute atomic E-state index is 11.0. The van der Waals surface area contributed by atoms with Crippen LogP contribution in [-0.2, 0) is 4.79 Å². The van der Waals surface area contributed by atoms with Gasteiger partial charge in [0.2, 0.25) is 0 Å². The van der Waals surface area contributed by atoms with E-state index >= 15 is 0 Å². The Labute approximate surface area is 121 Å². The molecule has 0 unspecified atom stereocenters. The van der Waals surface area contributed by atoms with E-state index in [4.69, 9.17) is 5.11 Å². The van der Waals surface area contributed by atoms with E-state index in [1.807, 2.05) is 0 Å². The quantitative estimate of drug-likeness (QED) is 0.789. The highest BCUT2D eigenvalue weighted by atomic mass is 16.4. The summed E-state index contributed by atoms with van der Waals surface area (Å²) < 4.78 is 0. The van der Waals surface area contributed by atoms with Crippen molar-refractivity contribution in [1.29, 1.82) is 0 Å². The normalized spacial score (nSPS) is 33.2. The summed E-state index contributed by atoms with van der Waals surface area (Å²) in [6, 6.07) is 0. The van der Waals surface area contributed by atoms with E-state index in [0.717, 1.165) is 26.2 Å². The van der Waals surface area contributed by atoms with Gasteiger partial charge in [-0.3, -0.25) is 9.69 Å². The molecule has 5 heteroatoms. The minimum Gasteiger partial charge on any atom is -0.481 e. The lowest BCUT2D eigenvalue weighted by Crippen LogP contribution is -2.53. The third kappa shape index (κ3) is 4.17. The highest BCUT2D eigenvalue weighted by Crippen LogP contribution is 2.33. The molecule has 1 saturated heterocycles. The Balaban J connectivity index is 1.75. The van der Waals surface area contributed by atoms with Crippen molar-refractivity contribution in [3.8, 4) is 0 Å².